The highest BCUT2D eigenvalue weighted by atomic mass is 16.5. The lowest BCUT2D eigenvalue weighted by Gasteiger charge is -2.28. The van der Waals surface area contributed by atoms with Crippen LogP contribution in [0.5, 0.6) is 0 Å². The number of hydrogen-bond donors (Lipinski definition) is 2. The summed E-state index contributed by atoms with van der Waals surface area (Å²) in [6.07, 6.45) is 6.98. The van der Waals surface area contributed by atoms with Gasteiger partial charge in [0.1, 0.15) is 0 Å². The van der Waals surface area contributed by atoms with Crippen molar-refractivity contribution < 1.29 is 34.1 Å². The number of benzene rings is 2. The SMILES string of the molecule is COC(=O)CCCCN1C(=O)[C@@](O)([C@@H](C)/C=C/CC(=O)N2CCC[C@H]2CO)c2cc(N(C=O)c3ccccc3)ccc21. The van der Waals surface area contributed by atoms with Gasteiger partial charge in [0, 0.05) is 48.8 Å². The summed E-state index contributed by atoms with van der Waals surface area (Å²) >= 11 is 0. The Kier molecular flexibility index (Phi) is 10.1. The largest absolute Gasteiger partial charge is 0.469 e. The van der Waals surface area contributed by atoms with Gasteiger partial charge in [0.25, 0.3) is 5.91 Å². The van der Waals surface area contributed by atoms with Crippen molar-refractivity contribution in [2.24, 2.45) is 5.92 Å². The fourth-order valence-electron chi connectivity index (χ4n) is 5.79. The van der Waals surface area contributed by atoms with Crippen molar-refractivity contribution in [2.45, 2.75) is 57.1 Å². The number of rotatable bonds is 13. The van der Waals surface area contributed by atoms with E-state index >= 15 is 0 Å². The van der Waals surface area contributed by atoms with Gasteiger partial charge in [-0.1, -0.05) is 37.3 Å². The zero-order valence-electron chi connectivity index (χ0n) is 24.1. The summed E-state index contributed by atoms with van der Waals surface area (Å²) in [5.74, 6) is -1.65. The second kappa shape index (κ2) is 13.8. The molecule has 0 unspecified atom stereocenters. The zero-order valence-corrected chi connectivity index (χ0v) is 24.1. The number of aliphatic hydroxyl groups excluding tert-OH is 1. The minimum absolute atomic E-state index is 0.0739. The second-order valence-electron chi connectivity index (χ2n) is 10.8. The minimum Gasteiger partial charge on any atom is -0.469 e. The number of ether oxygens (including phenoxy) is 1. The fourth-order valence-corrected chi connectivity index (χ4v) is 5.79. The van der Waals surface area contributed by atoms with Crippen LogP contribution in [0.1, 0.15) is 51.0 Å². The molecule has 4 rings (SSSR count). The van der Waals surface area contributed by atoms with E-state index < -0.39 is 17.4 Å². The van der Waals surface area contributed by atoms with Crippen LogP contribution in [0, 0.1) is 5.92 Å². The Bertz CT molecular complexity index is 1310. The molecule has 2 N–H and O–H groups in total. The highest BCUT2D eigenvalue weighted by molar-refractivity contribution is 6.08. The molecule has 10 heteroatoms. The Labute approximate surface area is 246 Å². The third kappa shape index (κ3) is 6.24. The average Bonchev–Trinajstić information content (AvgIpc) is 3.57. The van der Waals surface area contributed by atoms with Gasteiger partial charge in [-0.05, 0) is 56.0 Å². The normalized spacial score (nSPS) is 20.6. The molecule has 1 fully saturated rings. The smallest absolute Gasteiger partial charge is 0.305 e. The number of anilines is 3. The molecule has 42 heavy (non-hydrogen) atoms. The van der Waals surface area contributed by atoms with Gasteiger partial charge in [0.15, 0.2) is 5.60 Å². The molecular weight excluding hydrogens is 538 g/mol. The molecule has 3 atom stereocenters. The van der Waals surface area contributed by atoms with E-state index in [9.17, 15) is 29.4 Å². The summed E-state index contributed by atoms with van der Waals surface area (Å²) in [7, 11) is 1.33. The molecule has 10 nitrogen and oxygen atoms in total. The van der Waals surface area contributed by atoms with E-state index in [2.05, 4.69) is 0 Å². The number of nitrogens with zero attached hydrogens (tertiary/aromatic N) is 3. The molecule has 2 aliphatic rings. The first-order valence-corrected chi connectivity index (χ1v) is 14.4. The molecular formula is C32H39N3O7. The maximum Gasteiger partial charge on any atom is 0.305 e. The van der Waals surface area contributed by atoms with Crippen molar-refractivity contribution in [1.82, 2.24) is 4.90 Å². The number of hydrogen-bond acceptors (Lipinski definition) is 7. The summed E-state index contributed by atoms with van der Waals surface area (Å²) in [4.78, 5) is 55.0. The number of carbonyl (C=O) groups is 4. The summed E-state index contributed by atoms with van der Waals surface area (Å²) in [5.41, 5.74) is 0.0740. The van der Waals surface area contributed by atoms with Crippen LogP contribution in [0.25, 0.3) is 0 Å². The number of methoxy groups -OCH3 is 1. The van der Waals surface area contributed by atoms with E-state index in [4.69, 9.17) is 4.74 Å². The van der Waals surface area contributed by atoms with Gasteiger partial charge >= 0.3 is 5.97 Å². The molecule has 0 aliphatic carbocycles. The van der Waals surface area contributed by atoms with Crippen molar-refractivity contribution in [3.05, 3.63) is 66.2 Å². The molecule has 2 aromatic rings. The number of aliphatic hydroxyl groups is 2. The minimum atomic E-state index is -1.94. The predicted octanol–water partition coefficient (Wildman–Crippen LogP) is 3.42. The van der Waals surface area contributed by atoms with E-state index in [-0.39, 0.29) is 43.9 Å². The number of carbonyl (C=O) groups excluding carboxylic acids is 4. The summed E-state index contributed by atoms with van der Waals surface area (Å²) in [6, 6.07) is 14.0. The van der Waals surface area contributed by atoms with Crippen LogP contribution >= 0.6 is 0 Å². The van der Waals surface area contributed by atoms with E-state index in [0.717, 1.165) is 12.8 Å². The predicted molar refractivity (Wildman–Crippen MR) is 158 cm³/mol. The van der Waals surface area contributed by atoms with Gasteiger partial charge in [-0.2, -0.15) is 0 Å². The lowest BCUT2D eigenvalue weighted by Crippen LogP contribution is -2.44. The van der Waals surface area contributed by atoms with E-state index in [1.807, 2.05) is 18.2 Å². The first-order valence-electron chi connectivity index (χ1n) is 14.4. The van der Waals surface area contributed by atoms with E-state index in [1.54, 1.807) is 54.3 Å². The van der Waals surface area contributed by atoms with Crippen molar-refractivity contribution in [2.75, 3.05) is 36.6 Å². The second-order valence-corrected chi connectivity index (χ2v) is 10.8. The number of likely N-dealkylation sites (tertiary alicyclic amines) is 1. The monoisotopic (exact) mass is 577 g/mol. The molecule has 0 aromatic heterocycles. The Balaban J connectivity index is 1.61. The fraction of sp³-hybridized carbons (Fsp3) is 0.438. The lowest BCUT2D eigenvalue weighted by molar-refractivity contribution is -0.140. The molecule has 0 saturated carbocycles. The highest BCUT2D eigenvalue weighted by Gasteiger charge is 2.52. The van der Waals surface area contributed by atoms with Crippen LogP contribution in [-0.2, 0) is 29.5 Å². The Morgan fingerprint density at radius 3 is 2.62 bits per heavy atom. The molecule has 3 amide bonds. The van der Waals surface area contributed by atoms with E-state index in [1.165, 1.54) is 16.9 Å². The summed E-state index contributed by atoms with van der Waals surface area (Å²) in [5, 5.41) is 21.6. The van der Waals surface area contributed by atoms with Crippen LogP contribution in [0.3, 0.4) is 0 Å². The zero-order chi connectivity index (χ0) is 30.3. The Morgan fingerprint density at radius 1 is 1.17 bits per heavy atom. The first-order chi connectivity index (χ1) is 20.3. The number of esters is 1. The van der Waals surface area contributed by atoms with Crippen LogP contribution in [0.4, 0.5) is 17.1 Å². The number of amides is 3. The van der Waals surface area contributed by atoms with Crippen molar-refractivity contribution in [3.63, 3.8) is 0 Å². The van der Waals surface area contributed by atoms with Crippen molar-refractivity contribution in [3.8, 4) is 0 Å². The van der Waals surface area contributed by atoms with Gasteiger partial charge in [0.2, 0.25) is 12.3 Å². The molecule has 224 valence electrons. The van der Waals surface area contributed by atoms with E-state index in [0.29, 0.717) is 48.4 Å². The molecule has 0 radical (unpaired) electrons. The molecule has 2 heterocycles. The summed E-state index contributed by atoms with van der Waals surface area (Å²) in [6.45, 7) is 2.53. The van der Waals surface area contributed by atoms with Gasteiger partial charge in [-0.3, -0.25) is 24.1 Å². The third-order valence-electron chi connectivity index (χ3n) is 8.20. The summed E-state index contributed by atoms with van der Waals surface area (Å²) < 4.78 is 4.71. The average molecular weight is 578 g/mol. The third-order valence-corrected chi connectivity index (χ3v) is 8.20. The van der Waals surface area contributed by atoms with Gasteiger partial charge in [-0.25, -0.2) is 0 Å². The maximum absolute atomic E-state index is 13.9. The van der Waals surface area contributed by atoms with Crippen LogP contribution in [0.15, 0.2) is 60.7 Å². The number of para-hydroxylation sites is 1. The Morgan fingerprint density at radius 2 is 1.93 bits per heavy atom. The highest BCUT2D eigenvalue weighted by Crippen LogP contribution is 2.47. The quantitative estimate of drug-likeness (QED) is 0.162. The molecule has 0 spiro atoms. The first kappa shape index (κ1) is 30.9. The molecule has 1 saturated heterocycles. The van der Waals surface area contributed by atoms with Crippen molar-refractivity contribution >= 4 is 41.3 Å². The topological polar surface area (TPSA) is 128 Å². The van der Waals surface area contributed by atoms with Crippen LogP contribution in [-0.4, -0.2) is 72.2 Å². The molecule has 0 bridgehead atoms. The number of unbranched alkanes of at least 4 members (excludes halogenated alkanes) is 1. The standard InChI is InChI=1S/C32H39N3O7/c1-23(10-8-14-29(38)33-19-9-13-26(33)21-36)32(41)27-20-25(35(22-37)24-11-4-3-5-12-24)16-17-28(27)34(31(32)40)18-7-6-15-30(39)42-2/h3-5,8,10-12,16-17,20,22-23,26,36,41H,6-7,9,13-15,18-19,21H2,1-2H3/b10-8+/t23-,26-,32+/m0/s1. The maximum atomic E-state index is 13.9. The number of fused-ring (bicyclic) bond motifs is 1. The van der Waals surface area contributed by atoms with Crippen molar-refractivity contribution in [1.29, 1.82) is 0 Å². The molecule has 2 aromatic carbocycles. The van der Waals surface area contributed by atoms with Gasteiger partial charge in [0.05, 0.1) is 25.4 Å². The lowest BCUT2D eigenvalue weighted by atomic mass is 9.82. The molecule has 2 aliphatic heterocycles. The Hall–Kier alpha value is -4.02. The van der Waals surface area contributed by atoms with Crippen LogP contribution in [0.2, 0.25) is 0 Å². The van der Waals surface area contributed by atoms with Gasteiger partial charge < -0.3 is 24.7 Å². The van der Waals surface area contributed by atoms with Gasteiger partial charge in [-0.15, -0.1) is 0 Å². The van der Waals surface area contributed by atoms with Crippen LogP contribution < -0.4 is 9.80 Å².